The number of halogens is 1. The van der Waals surface area contributed by atoms with Gasteiger partial charge < -0.3 is 5.11 Å². The normalized spacial score (nSPS) is 12.4. The minimum Gasteiger partial charge on any atom is -0.382 e. The molecule has 1 heterocycles. The zero-order chi connectivity index (χ0) is 13.0. The van der Waals surface area contributed by atoms with Gasteiger partial charge in [-0.05, 0) is 29.7 Å². The van der Waals surface area contributed by atoms with Crippen molar-refractivity contribution in [3.05, 3.63) is 65.2 Å². The van der Waals surface area contributed by atoms with Crippen molar-refractivity contribution in [1.82, 2.24) is 4.98 Å². The Labute approximate surface area is 106 Å². The Hall–Kier alpha value is -1.74. The highest BCUT2D eigenvalue weighted by Crippen LogP contribution is 2.20. The second kappa shape index (κ2) is 5.74. The Morgan fingerprint density at radius 3 is 2.44 bits per heavy atom. The SMILES string of the molecule is CCCc1ccc(C(O)c2ccc(F)cn2)cc1. The van der Waals surface area contributed by atoms with Gasteiger partial charge in [-0.1, -0.05) is 37.6 Å². The van der Waals surface area contributed by atoms with Gasteiger partial charge in [0, 0.05) is 0 Å². The molecule has 2 nitrogen and oxygen atoms in total. The van der Waals surface area contributed by atoms with E-state index in [2.05, 4.69) is 11.9 Å². The number of nitrogens with zero attached hydrogens (tertiary/aromatic N) is 1. The monoisotopic (exact) mass is 245 g/mol. The molecule has 0 spiro atoms. The lowest BCUT2D eigenvalue weighted by atomic mass is 10.0. The third-order valence-electron chi connectivity index (χ3n) is 2.86. The third-order valence-corrected chi connectivity index (χ3v) is 2.86. The largest absolute Gasteiger partial charge is 0.382 e. The van der Waals surface area contributed by atoms with Gasteiger partial charge in [0.2, 0.25) is 0 Å². The fourth-order valence-corrected chi connectivity index (χ4v) is 1.88. The molecule has 0 fully saturated rings. The van der Waals surface area contributed by atoms with Gasteiger partial charge in [-0.3, -0.25) is 4.98 Å². The van der Waals surface area contributed by atoms with Crippen molar-refractivity contribution in [3.63, 3.8) is 0 Å². The minimum atomic E-state index is -0.804. The Balaban J connectivity index is 2.17. The predicted octanol–water partition coefficient (Wildman–Crippen LogP) is 3.25. The Morgan fingerprint density at radius 2 is 1.89 bits per heavy atom. The second-order valence-corrected chi connectivity index (χ2v) is 4.30. The first-order valence-corrected chi connectivity index (χ1v) is 6.09. The van der Waals surface area contributed by atoms with Crippen LogP contribution in [0.2, 0.25) is 0 Å². The number of rotatable bonds is 4. The molecular formula is C15H16FNO. The highest BCUT2D eigenvalue weighted by molar-refractivity contribution is 5.29. The second-order valence-electron chi connectivity index (χ2n) is 4.30. The molecule has 18 heavy (non-hydrogen) atoms. The summed E-state index contributed by atoms with van der Waals surface area (Å²) in [5.41, 5.74) is 2.48. The Bertz CT molecular complexity index is 493. The topological polar surface area (TPSA) is 33.1 Å². The van der Waals surface area contributed by atoms with E-state index in [1.54, 1.807) is 0 Å². The summed E-state index contributed by atoms with van der Waals surface area (Å²) in [5, 5.41) is 10.1. The van der Waals surface area contributed by atoms with E-state index in [0.29, 0.717) is 5.69 Å². The van der Waals surface area contributed by atoms with Gasteiger partial charge in [0.15, 0.2) is 0 Å². The van der Waals surface area contributed by atoms with Gasteiger partial charge >= 0.3 is 0 Å². The van der Waals surface area contributed by atoms with E-state index in [1.165, 1.54) is 17.7 Å². The molecule has 1 atom stereocenters. The quantitative estimate of drug-likeness (QED) is 0.896. The molecule has 0 radical (unpaired) electrons. The molecule has 1 aromatic carbocycles. The van der Waals surface area contributed by atoms with Gasteiger partial charge in [-0.2, -0.15) is 0 Å². The maximum absolute atomic E-state index is 12.7. The van der Waals surface area contributed by atoms with Crippen LogP contribution in [0.1, 0.15) is 36.3 Å². The van der Waals surface area contributed by atoms with E-state index < -0.39 is 11.9 Å². The van der Waals surface area contributed by atoms with Gasteiger partial charge in [-0.15, -0.1) is 0 Å². The molecule has 0 aliphatic rings. The average Bonchev–Trinajstić information content (AvgIpc) is 2.40. The molecule has 1 unspecified atom stereocenters. The third kappa shape index (κ3) is 2.93. The maximum Gasteiger partial charge on any atom is 0.141 e. The molecule has 1 aromatic heterocycles. The highest BCUT2D eigenvalue weighted by atomic mass is 19.1. The molecule has 2 rings (SSSR count). The number of aliphatic hydroxyl groups is 1. The van der Waals surface area contributed by atoms with Crippen molar-refractivity contribution in [2.45, 2.75) is 25.9 Å². The number of hydrogen-bond donors (Lipinski definition) is 1. The molecule has 3 heteroatoms. The van der Waals surface area contributed by atoms with Crippen LogP contribution in [0.25, 0.3) is 0 Å². The lowest BCUT2D eigenvalue weighted by Crippen LogP contribution is -2.02. The van der Waals surface area contributed by atoms with Crippen molar-refractivity contribution < 1.29 is 9.50 Å². The number of aliphatic hydroxyl groups excluding tert-OH is 1. The summed E-state index contributed by atoms with van der Waals surface area (Å²) < 4.78 is 12.7. The van der Waals surface area contributed by atoms with Gasteiger partial charge in [0.05, 0.1) is 11.9 Å². The van der Waals surface area contributed by atoms with Crippen LogP contribution in [-0.2, 0) is 6.42 Å². The standard InChI is InChI=1S/C15H16FNO/c1-2-3-11-4-6-12(7-5-11)15(18)14-9-8-13(16)10-17-14/h4-10,15,18H,2-3H2,1H3. The van der Waals surface area contributed by atoms with Gasteiger partial charge in [0.1, 0.15) is 11.9 Å². The highest BCUT2D eigenvalue weighted by Gasteiger charge is 2.11. The molecular weight excluding hydrogens is 229 g/mol. The van der Waals surface area contributed by atoms with Crippen LogP contribution >= 0.6 is 0 Å². The van der Waals surface area contributed by atoms with Crippen molar-refractivity contribution in [2.24, 2.45) is 0 Å². The van der Waals surface area contributed by atoms with Crippen LogP contribution in [0.4, 0.5) is 4.39 Å². The number of benzene rings is 1. The van der Waals surface area contributed by atoms with E-state index in [-0.39, 0.29) is 0 Å². The summed E-state index contributed by atoms with van der Waals surface area (Å²) in [6.45, 7) is 2.13. The minimum absolute atomic E-state index is 0.399. The first-order chi connectivity index (χ1) is 8.70. The van der Waals surface area contributed by atoms with Crippen LogP contribution < -0.4 is 0 Å². The van der Waals surface area contributed by atoms with Crippen LogP contribution in [-0.4, -0.2) is 10.1 Å². The van der Waals surface area contributed by atoms with Crippen LogP contribution in [0.3, 0.4) is 0 Å². The number of aromatic nitrogens is 1. The first-order valence-electron chi connectivity index (χ1n) is 6.09. The molecule has 0 saturated carbocycles. The molecule has 0 bridgehead atoms. The molecule has 0 saturated heterocycles. The lowest BCUT2D eigenvalue weighted by Gasteiger charge is -2.11. The van der Waals surface area contributed by atoms with Crippen molar-refractivity contribution in [2.75, 3.05) is 0 Å². The maximum atomic E-state index is 12.7. The molecule has 94 valence electrons. The smallest absolute Gasteiger partial charge is 0.141 e. The summed E-state index contributed by atoms with van der Waals surface area (Å²) in [6.07, 6.45) is 2.44. The Kier molecular flexibility index (Phi) is 4.05. The first kappa shape index (κ1) is 12.7. The van der Waals surface area contributed by atoms with E-state index >= 15 is 0 Å². The van der Waals surface area contributed by atoms with Gasteiger partial charge in [0.25, 0.3) is 0 Å². The van der Waals surface area contributed by atoms with E-state index in [9.17, 15) is 9.50 Å². The summed E-state index contributed by atoms with van der Waals surface area (Å²) in [4.78, 5) is 3.89. The zero-order valence-electron chi connectivity index (χ0n) is 10.3. The van der Waals surface area contributed by atoms with Crippen molar-refractivity contribution in [3.8, 4) is 0 Å². The predicted molar refractivity (Wildman–Crippen MR) is 68.7 cm³/mol. The summed E-state index contributed by atoms with van der Waals surface area (Å²) in [5.74, 6) is -0.399. The van der Waals surface area contributed by atoms with Crippen LogP contribution in [0.5, 0.6) is 0 Å². The van der Waals surface area contributed by atoms with E-state index in [4.69, 9.17) is 0 Å². The lowest BCUT2D eigenvalue weighted by molar-refractivity contribution is 0.215. The van der Waals surface area contributed by atoms with Gasteiger partial charge in [-0.25, -0.2) is 4.39 Å². The summed E-state index contributed by atoms with van der Waals surface area (Å²) in [6, 6.07) is 10.6. The van der Waals surface area contributed by atoms with Crippen LogP contribution in [0, 0.1) is 5.82 Å². The molecule has 0 amide bonds. The number of aryl methyl sites for hydroxylation is 1. The molecule has 0 aliphatic heterocycles. The molecule has 1 N–H and O–H groups in total. The fraction of sp³-hybridized carbons (Fsp3) is 0.267. The average molecular weight is 245 g/mol. The molecule has 2 aromatic rings. The van der Waals surface area contributed by atoms with Crippen LogP contribution in [0.15, 0.2) is 42.6 Å². The fourth-order valence-electron chi connectivity index (χ4n) is 1.88. The Morgan fingerprint density at radius 1 is 1.17 bits per heavy atom. The summed E-state index contributed by atoms with van der Waals surface area (Å²) in [7, 11) is 0. The zero-order valence-corrected chi connectivity index (χ0v) is 10.3. The van der Waals surface area contributed by atoms with E-state index in [0.717, 1.165) is 24.6 Å². The summed E-state index contributed by atoms with van der Waals surface area (Å²) >= 11 is 0. The van der Waals surface area contributed by atoms with Crippen molar-refractivity contribution >= 4 is 0 Å². The number of hydrogen-bond acceptors (Lipinski definition) is 2. The molecule has 0 aliphatic carbocycles. The van der Waals surface area contributed by atoms with Crippen molar-refractivity contribution in [1.29, 1.82) is 0 Å². The number of pyridine rings is 1. The van der Waals surface area contributed by atoms with E-state index in [1.807, 2.05) is 24.3 Å².